The van der Waals surface area contributed by atoms with Gasteiger partial charge in [0.05, 0.1) is 40.3 Å². The van der Waals surface area contributed by atoms with Gasteiger partial charge in [-0.25, -0.2) is 18.4 Å². The number of aryl methyl sites for hydroxylation is 1. The van der Waals surface area contributed by atoms with Crippen LogP contribution in [0.15, 0.2) is 6.07 Å². The number of thiazole rings is 1. The van der Waals surface area contributed by atoms with Crippen LogP contribution < -0.4 is 5.32 Å². The van der Waals surface area contributed by atoms with Gasteiger partial charge in [-0.1, -0.05) is 11.3 Å². The second kappa shape index (κ2) is 8.20. The first-order chi connectivity index (χ1) is 15.0. The molecule has 9 nitrogen and oxygen atoms in total. The number of carbonyl (C=O) groups excluding carboxylic acids is 2. The van der Waals surface area contributed by atoms with Crippen molar-refractivity contribution in [2.75, 3.05) is 18.6 Å². The maximum atomic E-state index is 13.3. The molecule has 0 saturated heterocycles. The summed E-state index contributed by atoms with van der Waals surface area (Å²) in [6.45, 7) is 5.81. The molecule has 1 saturated carbocycles. The number of carbonyl (C=O) groups is 2. The van der Waals surface area contributed by atoms with Gasteiger partial charge in [-0.3, -0.25) is 9.59 Å². The lowest BCUT2D eigenvalue weighted by molar-refractivity contribution is -0.114. The molecule has 172 valence electrons. The molecule has 1 aliphatic heterocycles. The predicted octanol–water partition coefficient (Wildman–Crippen LogP) is 2.62. The third-order valence-corrected chi connectivity index (χ3v) is 8.39. The Bertz CT molecular complexity index is 1200. The van der Waals surface area contributed by atoms with Crippen molar-refractivity contribution in [3.8, 4) is 10.6 Å². The SMILES string of the molecule is CC(=O)Nc1nc(C)c(-c2cc3c(c(CN(C)S(C)(=O)=O)n2)C(=O)N([C@@H](C)C2CC2)C3)s1. The Kier molecular flexibility index (Phi) is 5.84. The minimum absolute atomic E-state index is 0.00278. The highest BCUT2D eigenvalue weighted by Crippen LogP contribution is 2.40. The molecule has 32 heavy (non-hydrogen) atoms. The molecule has 0 unspecified atom stereocenters. The Hall–Kier alpha value is -2.37. The van der Waals surface area contributed by atoms with E-state index < -0.39 is 10.0 Å². The number of anilines is 1. The number of aromatic nitrogens is 2. The van der Waals surface area contributed by atoms with Gasteiger partial charge in [0.1, 0.15) is 0 Å². The zero-order valence-corrected chi connectivity index (χ0v) is 20.4. The van der Waals surface area contributed by atoms with E-state index in [1.54, 1.807) is 0 Å². The van der Waals surface area contributed by atoms with Crippen LogP contribution in [0.2, 0.25) is 0 Å². The summed E-state index contributed by atoms with van der Waals surface area (Å²) in [6.07, 6.45) is 3.38. The minimum Gasteiger partial charge on any atom is -0.331 e. The topological polar surface area (TPSA) is 113 Å². The third-order valence-electron chi connectivity index (χ3n) is 6.04. The van der Waals surface area contributed by atoms with Crippen molar-refractivity contribution in [1.82, 2.24) is 19.2 Å². The molecule has 4 rings (SSSR count). The summed E-state index contributed by atoms with van der Waals surface area (Å²) in [7, 11) is -1.97. The lowest BCUT2D eigenvalue weighted by Gasteiger charge is -2.24. The van der Waals surface area contributed by atoms with Gasteiger partial charge in [0.15, 0.2) is 5.13 Å². The molecule has 0 spiro atoms. The lowest BCUT2D eigenvalue weighted by atomic mass is 10.1. The van der Waals surface area contributed by atoms with Gasteiger partial charge in [0.2, 0.25) is 15.9 Å². The maximum Gasteiger partial charge on any atom is 0.256 e. The normalized spacial score (nSPS) is 17.1. The molecule has 0 aromatic carbocycles. The van der Waals surface area contributed by atoms with E-state index in [9.17, 15) is 18.0 Å². The van der Waals surface area contributed by atoms with Gasteiger partial charge in [-0.2, -0.15) is 4.31 Å². The fourth-order valence-electron chi connectivity index (χ4n) is 4.00. The minimum atomic E-state index is -3.45. The Labute approximate surface area is 191 Å². The summed E-state index contributed by atoms with van der Waals surface area (Å²) in [5.41, 5.74) is 3.12. The largest absolute Gasteiger partial charge is 0.331 e. The predicted molar refractivity (Wildman–Crippen MR) is 123 cm³/mol. The van der Waals surface area contributed by atoms with Crippen molar-refractivity contribution >= 4 is 38.3 Å². The number of fused-ring (bicyclic) bond motifs is 1. The number of amides is 2. The van der Waals surface area contributed by atoms with Crippen LogP contribution in [0, 0.1) is 12.8 Å². The fourth-order valence-corrected chi connectivity index (χ4v) is 5.33. The maximum absolute atomic E-state index is 13.3. The first-order valence-electron chi connectivity index (χ1n) is 10.5. The van der Waals surface area contributed by atoms with E-state index in [-0.39, 0.29) is 24.4 Å². The third kappa shape index (κ3) is 4.41. The summed E-state index contributed by atoms with van der Waals surface area (Å²) in [4.78, 5) is 36.5. The molecule has 2 amide bonds. The van der Waals surface area contributed by atoms with Crippen molar-refractivity contribution in [3.05, 3.63) is 28.6 Å². The molecule has 1 aliphatic carbocycles. The molecule has 11 heteroatoms. The van der Waals surface area contributed by atoms with Crippen LogP contribution in [0.25, 0.3) is 10.6 Å². The van der Waals surface area contributed by atoms with E-state index in [4.69, 9.17) is 4.98 Å². The molecule has 3 heterocycles. The zero-order valence-electron chi connectivity index (χ0n) is 18.8. The number of sulfonamides is 1. The van der Waals surface area contributed by atoms with Crippen molar-refractivity contribution in [1.29, 1.82) is 0 Å². The van der Waals surface area contributed by atoms with Crippen LogP contribution >= 0.6 is 11.3 Å². The highest BCUT2D eigenvalue weighted by Gasteiger charge is 2.40. The Morgan fingerprint density at radius 2 is 2.06 bits per heavy atom. The number of hydrogen-bond acceptors (Lipinski definition) is 7. The zero-order chi connectivity index (χ0) is 23.4. The molecule has 1 N–H and O–H groups in total. The second-order valence-electron chi connectivity index (χ2n) is 8.63. The van der Waals surface area contributed by atoms with Gasteiger partial charge in [-0.05, 0) is 44.2 Å². The average Bonchev–Trinajstić information content (AvgIpc) is 3.39. The number of nitrogens with one attached hydrogen (secondary N) is 1. The number of hydrogen-bond donors (Lipinski definition) is 1. The van der Waals surface area contributed by atoms with Gasteiger partial charge >= 0.3 is 0 Å². The van der Waals surface area contributed by atoms with E-state index in [1.165, 1.54) is 29.6 Å². The van der Waals surface area contributed by atoms with Crippen LogP contribution in [0.5, 0.6) is 0 Å². The molecule has 0 radical (unpaired) electrons. The van der Waals surface area contributed by atoms with Crippen LogP contribution in [0.3, 0.4) is 0 Å². The van der Waals surface area contributed by atoms with Crippen molar-refractivity contribution in [2.24, 2.45) is 5.92 Å². The molecular formula is C21H27N5O4S2. The molecule has 2 aromatic rings. The van der Waals surface area contributed by atoms with E-state index in [0.29, 0.717) is 40.2 Å². The van der Waals surface area contributed by atoms with E-state index in [1.807, 2.05) is 17.9 Å². The van der Waals surface area contributed by atoms with Gasteiger partial charge in [0, 0.05) is 26.6 Å². The van der Waals surface area contributed by atoms with Gasteiger partial charge < -0.3 is 10.2 Å². The fraction of sp³-hybridized carbons (Fsp3) is 0.524. The summed E-state index contributed by atoms with van der Waals surface area (Å²) >= 11 is 1.31. The average molecular weight is 478 g/mol. The Morgan fingerprint density at radius 3 is 2.66 bits per heavy atom. The van der Waals surface area contributed by atoms with Crippen molar-refractivity contribution in [2.45, 2.75) is 52.7 Å². The summed E-state index contributed by atoms with van der Waals surface area (Å²) in [5, 5.41) is 3.17. The van der Waals surface area contributed by atoms with Crippen molar-refractivity contribution in [3.63, 3.8) is 0 Å². The second-order valence-corrected chi connectivity index (χ2v) is 11.7. The van der Waals surface area contributed by atoms with Gasteiger partial charge in [-0.15, -0.1) is 0 Å². The molecule has 0 bridgehead atoms. The van der Waals surface area contributed by atoms with Crippen LogP contribution in [-0.2, 0) is 27.9 Å². The quantitative estimate of drug-likeness (QED) is 0.656. The number of nitrogens with zero attached hydrogens (tertiary/aromatic N) is 4. The van der Waals surface area contributed by atoms with E-state index >= 15 is 0 Å². The summed E-state index contributed by atoms with van der Waals surface area (Å²) in [5.74, 6) is 0.222. The first kappa shape index (κ1) is 22.8. The molecule has 2 aromatic heterocycles. The number of rotatable bonds is 7. The summed E-state index contributed by atoms with van der Waals surface area (Å²) in [6, 6.07) is 2.03. The van der Waals surface area contributed by atoms with E-state index in [2.05, 4.69) is 17.2 Å². The molecule has 2 aliphatic rings. The van der Waals surface area contributed by atoms with Crippen LogP contribution in [0.4, 0.5) is 5.13 Å². The Balaban J connectivity index is 1.78. The van der Waals surface area contributed by atoms with Crippen LogP contribution in [-0.4, -0.2) is 58.8 Å². The van der Waals surface area contributed by atoms with Gasteiger partial charge in [0.25, 0.3) is 5.91 Å². The first-order valence-corrected chi connectivity index (χ1v) is 13.1. The summed E-state index contributed by atoms with van der Waals surface area (Å²) < 4.78 is 25.3. The van der Waals surface area contributed by atoms with Crippen molar-refractivity contribution < 1.29 is 18.0 Å². The number of pyridine rings is 1. The van der Waals surface area contributed by atoms with Crippen LogP contribution in [0.1, 0.15) is 54.0 Å². The highest BCUT2D eigenvalue weighted by molar-refractivity contribution is 7.88. The smallest absolute Gasteiger partial charge is 0.256 e. The Morgan fingerprint density at radius 1 is 1.38 bits per heavy atom. The van der Waals surface area contributed by atoms with E-state index in [0.717, 1.165) is 29.5 Å². The molecular weight excluding hydrogens is 450 g/mol. The molecule has 1 atom stereocenters. The monoisotopic (exact) mass is 477 g/mol. The standard InChI is InChI=1S/C21H27N5O4S2/c1-11-19(31-21(22-11)23-13(3)27)16-8-15-9-26(12(2)14-6-7-14)20(28)18(15)17(24-16)10-25(4)32(5,29)30/h8,12,14H,6-7,9-10H2,1-5H3,(H,22,23,27)/t12-/m0/s1. The highest BCUT2D eigenvalue weighted by atomic mass is 32.2. The molecule has 1 fully saturated rings. The lowest BCUT2D eigenvalue weighted by Crippen LogP contribution is -2.35.